The second-order valence-electron chi connectivity index (χ2n) is 8.94. The first-order chi connectivity index (χ1) is 14.1. The van der Waals surface area contributed by atoms with E-state index in [0.717, 1.165) is 32.5 Å². The van der Waals surface area contributed by atoms with Crippen molar-refractivity contribution in [2.75, 3.05) is 31.6 Å². The molecule has 7 nitrogen and oxygen atoms in total. The first-order valence-electron chi connectivity index (χ1n) is 11.0. The van der Waals surface area contributed by atoms with Gasteiger partial charge in [0, 0.05) is 43.8 Å². The van der Waals surface area contributed by atoms with Gasteiger partial charge >= 0.3 is 0 Å². The third kappa shape index (κ3) is 3.51. The van der Waals surface area contributed by atoms with Gasteiger partial charge in [0.05, 0.1) is 5.56 Å². The lowest BCUT2D eigenvalue weighted by atomic mass is 9.82. The number of para-hydroxylation sites is 1. The van der Waals surface area contributed by atoms with Crippen molar-refractivity contribution in [3.05, 3.63) is 23.8 Å². The highest BCUT2D eigenvalue weighted by atomic mass is 16.4. The highest BCUT2D eigenvalue weighted by Gasteiger charge is 2.36. The Bertz CT molecular complexity index is 882. The number of anilines is 1. The third-order valence-corrected chi connectivity index (χ3v) is 7.07. The Balaban J connectivity index is 1.36. The van der Waals surface area contributed by atoms with Gasteiger partial charge in [-0.2, -0.15) is 4.98 Å². The van der Waals surface area contributed by atoms with E-state index in [1.54, 1.807) is 0 Å². The van der Waals surface area contributed by atoms with Gasteiger partial charge in [-0.1, -0.05) is 12.5 Å². The van der Waals surface area contributed by atoms with E-state index in [-0.39, 0.29) is 11.9 Å². The molecule has 3 atom stereocenters. The predicted octanol–water partition coefficient (Wildman–Crippen LogP) is 2.37. The summed E-state index contributed by atoms with van der Waals surface area (Å²) in [5, 5.41) is 6.69. The SMILES string of the molecule is C[C@H]1CNCCN1c1nc2c(C(=O)NC3C[C@H]4CCC[C@H](C3)N4C)cccc2o1. The Hall–Kier alpha value is -2.12. The summed E-state index contributed by atoms with van der Waals surface area (Å²) in [5.41, 5.74) is 1.96. The Morgan fingerprint density at radius 2 is 2.07 bits per heavy atom. The van der Waals surface area contributed by atoms with Crippen LogP contribution in [0.1, 0.15) is 49.4 Å². The molecule has 29 heavy (non-hydrogen) atoms. The van der Waals surface area contributed by atoms with Gasteiger partial charge in [-0.25, -0.2) is 0 Å². The molecule has 0 radical (unpaired) electrons. The molecule has 0 unspecified atom stereocenters. The number of hydrogen-bond donors (Lipinski definition) is 2. The molecule has 3 saturated heterocycles. The van der Waals surface area contributed by atoms with Gasteiger partial charge in [0.25, 0.3) is 11.9 Å². The number of oxazole rings is 1. The first-order valence-corrected chi connectivity index (χ1v) is 11.0. The number of carbonyl (C=O) groups excluding carboxylic acids is 1. The number of hydrogen-bond acceptors (Lipinski definition) is 6. The number of rotatable bonds is 3. The number of amides is 1. The molecule has 1 aromatic carbocycles. The maximum absolute atomic E-state index is 13.1. The van der Waals surface area contributed by atoms with Crippen LogP contribution in [-0.2, 0) is 0 Å². The van der Waals surface area contributed by atoms with Crippen molar-refractivity contribution in [2.45, 2.75) is 63.2 Å². The van der Waals surface area contributed by atoms with Gasteiger partial charge in [-0.05, 0) is 51.8 Å². The maximum Gasteiger partial charge on any atom is 0.298 e. The summed E-state index contributed by atoms with van der Waals surface area (Å²) in [6.07, 6.45) is 5.87. The molecule has 5 rings (SSSR count). The summed E-state index contributed by atoms with van der Waals surface area (Å²) in [7, 11) is 2.24. The molecule has 4 heterocycles. The fourth-order valence-corrected chi connectivity index (χ4v) is 5.36. The van der Waals surface area contributed by atoms with E-state index in [0.29, 0.717) is 40.8 Å². The van der Waals surface area contributed by atoms with Crippen molar-refractivity contribution in [3.8, 4) is 0 Å². The number of nitrogens with zero attached hydrogens (tertiary/aromatic N) is 3. The minimum Gasteiger partial charge on any atom is -0.423 e. The minimum atomic E-state index is -0.0311. The van der Waals surface area contributed by atoms with Crippen molar-refractivity contribution < 1.29 is 9.21 Å². The van der Waals surface area contributed by atoms with E-state index < -0.39 is 0 Å². The topological polar surface area (TPSA) is 73.6 Å². The molecule has 3 aliphatic heterocycles. The molecule has 1 aromatic heterocycles. The van der Waals surface area contributed by atoms with Crippen LogP contribution >= 0.6 is 0 Å². The van der Waals surface area contributed by atoms with Gasteiger partial charge in [0.15, 0.2) is 5.58 Å². The quantitative estimate of drug-likeness (QED) is 0.828. The smallest absolute Gasteiger partial charge is 0.298 e. The number of piperidine rings is 2. The molecule has 0 saturated carbocycles. The number of fused-ring (bicyclic) bond motifs is 3. The highest BCUT2D eigenvalue weighted by molar-refractivity contribution is 6.04. The average Bonchev–Trinajstić information content (AvgIpc) is 3.13. The van der Waals surface area contributed by atoms with Crippen molar-refractivity contribution in [1.29, 1.82) is 0 Å². The molecule has 0 aliphatic carbocycles. The normalized spacial score (nSPS) is 30.5. The van der Waals surface area contributed by atoms with Crippen molar-refractivity contribution in [3.63, 3.8) is 0 Å². The van der Waals surface area contributed by atoms with Gasteiger partial charge < -0.3 is 24.9 Å². The zero-order chi connectivity index (χ0) is 20.0. The van der Waals surface area contributed by atoms with E-state index >= 15 is 0 Å². The third-order valence-electron chi connectivity index (χ3n) is 7.07. The predicted molar refractivity (Wildman–Crippen MR) is 113 cm³/mol. The lowest BCUT2D eigenvalue weighted by molar-refractivity contribution is 0.0463. The van der Waals surface area contributed by atoms with Crippen LogP contribution < -0.4 is 15.5 Å². The molecule has 2 N–H and O–H groups in total. The molecule has 156 valence electrons. The molecule has 3 fully saturated rings. The average molecular weight is 398 g/mol. The molecular formula is C22H31N5O2. The fourth-order valence-electron chi connectivity index (χ4n) is 5.36. The molecule has 3 aliphatic rings. The van der Waals surface area contributed by atoms with E-state index in [2.05, 4.69) is 34.4 Å². The maximum atomic E-state index is 13.1. The zero-order valence-electron chi connectivity index (χ0n) is 17.4. The molecule has 0 spiro atoms. The van der Waals surface area contributed by atoms with E-state index in [1.807, 2.05) is 18.2 Å². The van der Waals surface area contributed by atoms with Gasteiger partial charge in [-0.15, -0.1) is 0 Å². The monoisotopic (exact) mass is 397 g/mol. The molecule has 2 aromatic rings. The lowest BCUT2D eigenvalue weighted by Crippen LogP contribution is -2.55. The summed E-state index contributed by atoms with van der Waals surface area (Å²) >= 11 is 0. The number of piperazine rings is 1. The van der Waals surface area contributed by atoms with Crippen LogP contribution in [0.2, 0.25) is 0 Å². The van der Waals surface area contributed by atoms with Crippen LogP contribution in [0, 0.1) is 0 Å². The largest absolute Gasteiger partial charge is 0.423 e. The Labute approximate surface area is 171 Å². The number of aromatic nitrogens is 1. The summed E-state index contributed by atoms with van der Waals surface area (Å²) in [5.74, 6) is -0.0311. The van der Waals surface area contributed by atoms with E-state index in [4.69, 9.17) is 9.40 Å². The van der Waals surface area contributed by atoms with Gasteiger partial charge in [0.2, 0.25) is 0 Å². The van der Waals surface area contributed by atoms with Gasteiger partial charge in [-0.3, -0.25) is 4.79 Å². The van der Waals surface area contributed by atoms with Crippen molar-refractivity contribution in [1.82, 2.24) is 20.5 Å². The zero-order valence-corrected chi connectivity index (χ0v) is 17.4. The Morgan fingerprint density at radius 1 is 1.28 bits per heavy atom. The number of carbonyl (C=O) groups is 1. The van der Waals surface area contributed by atoms with Crippen LogP contribution in [0.5, 0.6) is 0 Å². The van der Waals surface area contributed by atoms with Crippen LogP contribution in [-0.4, -0.2) is 66.6 Å². The second-order valence-corrected chi connectivity index (χ2v) is 8.94. The van der Waals surface area contributed by atoms with Crippen LogP contribution in [0.3, 0.4) is 0 Å². The molecule has 2 bridgehead atoms. The van der Waals surface area contributed by atoms with E-state index in [1.165, 1.54) is 19.3 Å². The Morgan fingerprint density at radius 3 is 2.83 bits per heavy atom. The second kappa shape index (κ2) is 7.61. The Kier molecular flexibility index (Phi) is 4.95. The number of benzene rings is 1. The molecule has 7 heteroatoms. The highest BCUT2D eigenvalue weighted by Crippen LogP contribution is 2.33. The standard InChI is InChI=1S/C22H31N5O2/c1-14-13-23-9-10-27(14)22-25-20-18(7-4-8-19(20)29-22)21(28)24-15-11-16-5-3-6-17(12-15)26(16)2/h4,7-8,14-17,23H,3,5-6,9-13H2,1-2H3,(H,24,28)/t14-,16+,17+/m0/s1. The summed E-state index contributed by atoms with van der Waals surface area (Å²) in [6, 6.07) is 8.00. The summed E-state index contributed by atoms with van der Waals surface area (Å²) < 4.78 is 6.03. The molecule has 1 amide bonds. The van der Waals surface area contributed by atoms with Crippen molar-refractivity contribution >= 4 is 23.0 Å². The fraction of sp³-hybridized carbons (Fsp3) is 0.636. The summed E-state index contributed by atoms with van der Waals surface area (Å²) in [4.78, 5) is 22.6. The van der Waals surface area contributed by atoms with E-state index in [9.17, 15) is 4.79 Å². The van der Waals surface area contributed by atoms with Gasteiger partial charge in [0.1, 0.15) is 5.52 Å². The number of nitrogens with one attached hydrogen (secondary N) is 2. The first kappa shape index (κ1) is 18.9. The molecular weight excluding hydrogens is 366 g/mol. The van der Waals surface area contributed by atoms with Crippen LogP contribution in [0.15, 0.2) is 22.6 Å². The summed E-state index contributed by atoms with van der Waals surface area (Å²) in [6.45, 7) is 4.83. The van der Waals surface area contributed by atoms with Crippen LogP contribution in [0.25, 0.3) is 11.1 Å². The lowest BCUT2D eigenvalue weighted by Gasteiger charge is -2.47. The van der Waals surface area contributed by atoms with Crippen molar-refractivity contribution in [2.24, 2.45) is 0 Å². The van der Waals surface area contributed by atoms with Crippen LogP contribution in [0.4, 0.5) is 6.01 Å². The minimum absolute atomic E-state index is 0.0311.